The highest BCUT2D eigenvalue weighted by Gasteiger charge is 2.51. The number of thioether (sulfide) groups is 1. The zero-order valence-corrected chi connectivity index (χ0v) is 30.1. The number of alkyl carbamates (subject to hydrolysis) is 1. The number of rotatable bonds is 11. The lowest BCUT2D eigenvalue weighted by Gasteiger charge is -2.43. The zero-order chi connectivity index (χ0) is 35.1. The minimum Gasteiger partial charge on any atom is -0.497 e. The van der Waals surface area contributed by atoms with Crippen molar-refractivity contribution in [2.75, 3.05) is 27.8 Å². The normalized spacial score (nSPS) is 22.3. The lowest BCUT2D eigenvalue weighted by atomic mass is 9.95. The maximum atomic E-state index is 13.0. The van der Waals surface area contributed by atoms with Gasteiger partial charge in [0.15, 0.2) is 5.17 Å². The van der Waals surface area contributed by atoms with Gasteiger partial charge in [0, 0.05) is 13.6 Å². The number of hydrogen-bond acceptors (Lipinski definition) is 11. The average Bonchev–Trinajstić information content (AvgIpc) is 3.45. The standard InChI is InChI=1S/C35H49N3O9S/c1-34(2,3)46-32(39)36-19-18-26-28(43-20-22-10-14-24(41-8)15-11-22)29(44-21-23-12-16-25(42-9)17-13-23)27-30(45-26)48-31(37-27)38(7)33(40)47-35(4,5)6/h10-17,26-30H,18-21H2,1-9H3,(H,36,39)/t26-,27-,28-,29-,30-/m1/s1. The smallest absolute Gasteiger partial charge is 0.416 e. The third-order valence-corrected chi connectivity index (χ3v) is 8.56. The Hall–Kier alpha value is -3.52. The van der Waals surface area contributed by atoms with Crippen molar-refractivity contribution in [2.24, 2.45) is 4.99 Å². The van der Waals surface area contributed by atoms with Crippen molar-refractivity contribution >= 4 is 29.1 Å². The van der Waals surface area contributed by atoms with E-state index in [9.17, 15) is 9.59 Å². The van der Waals surface area contributed by atoms with Crippen LogP contribution in [0.3, 0.4) is 0 Å². The lowest BCUT2D eigenvalue weighted by Crippen LogP contribution is -2.57. The van der Waals surface area contributed by atoms with Crippen molar-refractivity contribution in [1.29, 1.82) is 0 Å². The fraction of sp³-hybridized carbons (Fsp3) is 0.571. The van der Waals surface area contributed by atoms with Crippen LogP contribution >= 0.6 is 11.8 Å². The second-order valence-electron chi connectivity index (χ2n) is 13.6. The number of carbonyl (C=O) groups is 2. The average molecular weight is 688 g/mol. The lowest BCUT2D eigenvalue weighted by molar-refractivity contribution is -0.198. The number of nitrogens with one attached hydrogen (secondary N) is 1. The molecule has 13 heteroatoms. The van der Waals surface area contributed by atoms with Crippen LogP contribution in [-0.2, 0) is 36.9 Å². The van der Waals surface area contributed by atoms with Crippen LogP contribution in [0.25, 0.3) is 0 Å². The first-order chi connectivity index (χ1) is 22.7. The number of aliphatic imine (C=N–C) groups is 1. The molecular formula is C35H49N3O9S. The van der Waals surface area contributed by atoms with Crippen LogP contribution in [0.2, 0.25) is 0 Å². The van der Waals surface area contributed by atoms with E-state index in [0.717, 1.165) is 22.6 Å². The van der Waals surface area contributed by atoms with Crippen molar-refractivity contribution in [2.45, 2.75) is 102 Å². The predicted molar refractivity (Wildman–Crippen MR) is 183 cm³/mol. The van der Waals surface area contributed by atoms with Crippen molar-refractivity contribution in [3.8, 4) is 11.5 Å². The Bertz CT molecular complexity index is 1390. The molecule has 2 aliphatic heterocycles. The monoisotopic (exact) mass is 687 g/mol. The molecule has 0 aromatic heterocycles. The second-order valence-corrected chi connectivity index (χ2v) is 14.6. The molecule has 1 fully saturated rings. The Morgan fingerprint density at radius 3 is 1.85 bits per heavy atom. The summed E-state index contributed by atoms with van der Waals surface area (Å²) in [5.74, 6) is 1.49. The van der Waals surface area contributed by atoms with E-state index in [2.05, 4.69) is 5.32 Å². The van der Waals surface area contributed by atoms with E-state index in [4.69, 9.17) is 38.2 Å². The highest BCUT2D eigenvalue weighted by atomic mass is 32.2. The first-order valence-electron chi connectivity index (χ1n) is 16.0. The second kappa shape index (κ2) is 16.3. The number of amides is 2. The molecule has 48 heavy (non-hydrogen) atoms. The van der Waals surface area contributed by atoms with Crippen molar-refractivity contribution in [3.05, 3.63) is 59.7 Å². The molecule has 2 amide bonds. The summed E-state index contributed by atoms with van der Waals surface area (Å²) < 4.78 is 41.6. The summed E-state index contributed by atoms with van der Waals surface area (Å²) >= 11 is 1.33. The van der Waals surface area contributed by atoms with Gasteiger partial charge >= 0.3 is 12.2 Å². The van der Waals surface area contributed by atoms with Gasteiger partial charge in [0.1, 0.15) is 46.4 Å². The third-order valence-electron chi connectivity index (χ3n) is 7.35. The van der Waals surface area contributed by atoms with Gasteiger partial charge in [-0.3, -0.25) is 9.89 Å². The number of hydrogen-bond donors (Lipinski definition) is 1. The summed E-state index contributed by atoms with van der Waals surface area (Å²) in [7, 11) is 4.87. The van der Waals surface area contributed by atoms with Crippen LogP contribution in [0.5, 0.6) is 11.5 Å². The Morgan fingerprint density at radius 1 is 0.833 bits per heavy atom. The molecule has 2 aromatic rings. The quantitative estimate of drug-likeness (QED) is 0.294. The summed E-state index contributed by atoms with van der Waals surface area (Å²) in [6.45, 7) is 11.7. The van der Waals surface area contributed by atoms with E-state index >= 15 is 0 Å². The largest absolute Gasteiger partial charge is 0.497 e. The van der Waals surface area contributed by atoms with E-state index in [0.29, 0.717) is 11.6 Å². The van der Waals surface area contributed by atoms with Crippen molar-refractivity contribution in [3.63, 3.8) is 0 Å². The molecule has 4 rings (SSSR count). The Kier molecular flexibility index (Phi) is 12.6. The van der Waals surface area contributed by atoms with Crippen LogP contribution in [0.1, 0.15) is 59.1 Å². The Labute approximate surface area is 287 Å². The topological polar surface area (TPSA) is 126 Å². The van der Waals surface area contributed by atoms with Gasteiger partial charge in [-0.1, -0.05) is 36.0 Å². The van der Waals surface area contributed by atoms with Gasteiger partial charge in [-0.05, 0) is 83.4 Å². The minimum atomic E-state index is -0.672. The predicted octanol–water partition coefficient (Wildman–Crippen LogP) is 6.15. The number of fused-ring (bicyclic) bond motifs is 1. The van der Waals surface area contributed by atoms with E-state index in [1.807, 2.05) is 90.1 Å². The maximum Gasteiger partial charge on any atom is 0.416 e. The highest BCUT2D eigenvalue weighted by molar-refractivity contribution is 8.14. The highest BCUT2D eigenvalue weighted by Crippen LogP contribution is 2.41. The molecule has 1 N–H and O–H groups in total. The molecule has 2 aromatic carbocycles. The molecule has 1 saturated heterocycles. The summed E-state index contributed by atoms with van der Waals surface area (Å²) in [5.41, 5.74) is 0.105. The Morgan fingerprint density at radius 2 is 1.35 bits per heavy atom. The first kappa shape index (κ1) is 37.3. The number of carbonyl (C=O) groups excluding carboxylic acids is 2. The van der Waals surface area contributed by atoms with Crippen LogP contribution in [0, 0.1) is 0 Å². The molecule has 2 heterocycles. The minimum absolute atomic E-state index is 0.273. The summed E-state index contributed by atoms with van der Waals surface area (Å²) in [4.78, 5) is 31.8. The van der Waals surface area contributed by atoms with Gasteiger partial charge in [-0.2, -0.15) is 0 Å². The number of ether oxygens (including phenoxy) is 7. The van der Waals surface area contributed by atoms with Crippen molar-refractivity contribution in [1.82, 2.24) is 10.2 Å². The fourth-order valence-corrected chi connectivity index (χ4v) is 6.22. The molecule has 5 atom stereocenters. The van der Waals surface area contributed by atoms with E-state index in [-0.39, 0.29) is 19.8 Å². The molecule has 0 saturated carbocycles. The Balaban J connectivity index is 1.61. The van der Waals surface area contributed by atoms with Gasteiger partial charge < -0.3 is 38.5 Å². The number of nitrogens with zero attached hydrogens (tertiary/aromatic N) is 2. The van der Waals surface area contributed by atoms with Gasteiger partial charge in [0.05, 0.1) is 33.5 Å². The molecule has 0 bridgehead atoms. The number of methoxy groups -OCH3 is 2. The van der Waals surface area contributed by atoms with Gasteiger partial charge in [-0.25, -0.2) is 9.59 Å². The van der Waals surface area contributed by atoms with Crippen LogP contribution < -0.4 is 14.8 Å². The molecule has 0 aliphatic carbocycles. The molecule has 12 nitrogen and oxygen atoms in total. The van der Waals surface area contributed by atoms with E-state index < -0.39 is 53.2 Å². The molecule has 264 valence electrons. The first-order valence-corrected chi connectivity index (χ1v) is 16.9. The summed E-state index contributed by atoms with van der Waals surface area (Å²) in [6, 6.07) is 14.8. The van der Waals surface area contributed by atoms with Gasteiger partial charge in [0.2, 0.25) is 0 Å². The SMILES string of the molecule is COc1ccc(CO[C@@H]2[C@H]3N=C(N(C)C(=O)OC(C)(C)C)S[C@H]3O[C@H](CCNC(=O)OC(C)(C)C)[C@H]2OCc2ccc(OC)cc2)cc1. The number of amidine groups is 1. The van der Waals surface area contributed by atoms with Crippen LogP contribution in [-0.4, -0.2) is 91.1 Å². The molecule has 0 spiro atoms. The van der Waals surface area contributed by atoms with Crippen LogP contribution in [0.15, 0.2) is 53.5 Å². The maximum absolute atomic E-state index is 13.0. The molecule has 0 radical (unpaired) electrons. The summed E-state index contributed by atoms with van der Waals surface area (Å²) in [6.07, 6.45) is -2.26. The zero-order valence-electron chi connectivity index (χ0n) is 29.3. The third kappa shape index (κ3) is 10.7. The molecular weight excluding hydrogens is 638 g/mol. The van der Waals surface area contributed by atoms with E-state index in [1.54, 1.807) is 21.3 Å². The molecule has 0 unspecified atom stereocenters. The molecule has 2 aliphatic rings. The fourth-order valence-electron chi connectivity index (χ4n) is 5.05. The van der Waals surface area contributed by atoms with Crippen molar-refractivity contribution < 1.29 is 42.7 Å². The van der Waals surface area contributed by atoms with Crippen LogP contribution in [0.4, 0.5) is 9.59 Å². The summed E-state index contributed by atoms with van der Waals surface area (Å²) in [5, 5.41) is 3.29. The van der Waals surface area contributed by atoms with Gasteiger partial charge in [0.25, 0.3) is 0 Å². The van der Waals surface area contributed by atoms with Gasteiger partial charge in [-0.15, -0.1) is 0 Å². The van der Waals surface area contributed by atoms with E-state index in [1.165, 1.54) is 16.7 Å². The number of benzene rings is 2.